The van der Waals surface area contributed by atoms with E-state index in [2.05, 4.69) is 20.8 Å². The number of hydrogen-bond acceptors (Lipinski definition) is 0. The van der Waals surface area contributed by atoms with Gasteiger partial charge in [0.15, 0.2) is 0 Å². The largest absolute Gasteiger partial charge is 0.126 e. The predicted octanol–water partition coefficient (Wildman–Crippen LogP) is 3.30. The van der Waals surface area contributed by atoms with Crippen LogP contribution in [0.15, 0.2) is 0 Å². The molecule has 0 nitrogen and oxygen atoms in total. The van der Waals surface area contributed by atoms with Gasteiger partial charge in [0, 0.05) is 5.88 Å². The zero-order valence-electron chi connectivity index (χ0n) is 6.65. The normalized spacial score (nSPS) is 14.3. The highest BCUT2D eigenvalue weighted by molar-refractivity contribution is 6.18. The molecule has 0 amide bonds. The topological polar surface area (TPSA) is 0 Å². The second-order valence-corrected chi connectivity index (χ2v) is 3.26. The number of hydrogen-bond donors (Lipinski definition) is 0. The van der Waals surface area contributed by atoms with Crippen molar-refractivity contribution >= 4 is 11.6 Å². The lowest BCUT2D eigenvalue weighted by Crippen LogP contribution is -2.09. The first-order chi connectivity index (χ1) is 4.22. The van der Waals surface area contributed by atoms with Crippen LogP contribution >= 0.6 is 11.6 Å². The van der Waals surface area contributed by atoms with Crippen LogP contribution in [0.4, 0.5) is 0 Å². The minimum absolute atomic E-state index is 0.733. The minimum atomic E-state index is 0.733. The van der Waals surface area contributed by atoms with Gasteiger partial charge in [-0.1, -0.05) is 27.2 Å². The summed E-state index contributed by atoms with van der Waals surface area (Å²) in [5.74, 6) is 2.31. The van der Waals surface area contributed by atoms with E-state index in [-0.39, 0.29) is 0 Å². The van der Waals surface area contributed by atoms with Crippen molar-refractivity contribution in [1.82, 2.24) is 0 Å². The zero-order valence-corrected chi connectivity index (χ0v) is 7.41. The molecule has 0 aliphatic heterocycles. The Bertz CT molecular complexity index is 59.6. The fourth-order valence-corrected chi connectivity index (χ4v) is 1.47. The molecule has 0 bridgehead atoms. The molecule has 56 valence electrons. The molecule has 1 heteroatoms. The molecule has 0 heterocycles. The van der Waals surface area contributed by atoms with Crippen LogP contribution < -0.4 is 0 Å². The van der Waals surface area contributed by atoms with Gasteiger partial charge in [0.2, 0.25) is 0 Å². The van der Waals surface area contributed by atoms with E-state index in [9.17, 15) is 0 Å². The number of halogens is 1. The van der Waals surface area contributed by atoms with E-state index in [1.54, 1.807) is 0 Å². The Labute approximate surface area is 63.6 Å². The predicted molar refractivity (Wildman–Crippen MR) is 44.0 cm³/mol. The summed E-state index contributed by atoms with van der Waals surface area (Å²) in [5, 5.41) is 0. The Kier molecular flexibility index (Phi) is 5.27. The Balaban J connectivity index is 3.41. The lowest BCUT2D eigenvalue weighted by atomic mass is 9.93. The molecular weight excluding hydrogens is 132 g/mol. The van der Waals surface area contributed by atoms with Crippen molar-refractivity contribution < 1.29 is 0 Å². The van der Waals surface area contributed by atoms with Crippen LogP contribution in [0.1, 0.15) is 33.6 Å². The first-order valence-electron chi connectivity index (χ1n) is 3.78. The molecule has 1 unspecified atom stereocenters. The van der Waals surface area contributed by atoms with Crippen LogP contribution in [-0.2, 0) is 0 Å². The lowest BCUT2D eigenvalue weighted by molar-refractivity contribution is 0.393. The summed E-state index contributed by atoms with van der Waals surface area (Å²) in [6, 6.07) is 0. The van der Waals surface area contributed by atoms with E-state index < -0.39 is 0 Å². The quantitative estimate of drug-likeness (QED) is 0.537. The van der Waals surface area contributed by atoms with Crippen LogP contribution in [0, 0.1) is 11.8 Å². The maximum Gasteiger partial charge on any atom is 0.0254 e. The summed E-state index contributed by atoms with van der Waals surface area (Å²) in [7, 11) is 0. The van der Waals surface area contributed by atoms with Gasteiger partial charge in [-0.15, -0.1) is 11.6 Å². The van der Waals surface area contributed by atoms with Gasteiger partial charge in [0.1, 0.15) is 0 Å². The molecule has 1 atom stereocenters. The average molecular weight is 149 g/mol. The molecule has 9 heavy (non-hydrogen) atoms. The molecular formula is C8H17Cl. The second kappa shape index (κ2) is 5.10. The maximum atomic E-state index is 5.74. The van der Waals surface area contributed by atoms with Gasteiger partial charge >= 0.3 is 0 Å². The van der Waals surface area contributed by atoms with Crippen LogP contribution in [-0.4, -0.2) is 5.88 Å². The monoisotopic (exact) mass is 148 g/mol. The summed E-state index contributed by atoms with van der Waals surface area (Å²) in [5.41, 5.74) is 0. The van der Waals surface area contributed by atoms with Gasteiger partial charge in [-0.3, -0.25) is 0 Å². The van der Waals surface area contributed by atoms with E-state index in [1.807, 2.05) is 0 Å². The Hall–Kier alpha value is 0.290. The van der Waals surface area contributed by atoms with E-state index >= 15 is 0 Å². The van der Waals surface area contributed by atoms with Crippen molar-refractivity contribution in [1.29, 1.82) is 0 Å². The first-order valence-corrected chi connectivity index (χ1v) is 4.31. The summed E-state index contributed by atoms with van der Waals surface area (Å²) in [6.45, 7) is 6.69. The second-order valence-electron chi connectivity index (χ2n) is 2.95. The fourth-order valence-electron chi connectivity index (χ4n) is 0.959. The molecule has 0 aromatic carbocycles. The fraction of sp³-hybridized carbons (Fsp3) is 1.00. The SMILES string of the molecule is CCCC(CCl)C(C)C. The Morgan fingerprint density at radius 3 is 2.00 bits per heavy atom. The third kappa shape index (κ3) is 3.80. The van der Waals surface area contributed by atoms with Crippen molar-refractivity contribution in [2.24, 2.45) is 11.8 Å². The van der Waals surface area contributed by atoms with E-state index in [4.69, 9.17) is 11.6 Å². The summed E-state index contributed by atoms with van der Waals surface area (Å²) in [6.07, 6.45) is 2.54. The first kappa shape index (κ1) is 9.29. The Morgan fingerprint density at radius 1 is 1.33 bits per heavy atom. The van der Waals surface area contributed by atoms with Gasteiger partial charge in [-0.2, -0.15) is 0 Å². The zero-order chi connectivity index (χ0) is 7.28. The highest BCUT2D eigenvalue weighted by atomic mass is 35.5. The summed E-state index contributed by atoms with van der Waals surface area (Å²) in [4.78, 5) is 0. The molecule has 0 radical (unpaired) electrons. The van der Waals surface area contributed by atoms with Crippen molar-refractivity contribution in [3.8, 4) is 0 Å². The lowest BCUT2D eigenvalue weighted by Gasteiger charge is -2.15. The van der Waals surface area contributed by atoms with E-state index in [0.29, 0.717) is 0 Å². The summed E-state index contributed by atoms with van der Waals surface area (Å²) >= 11 is 5.74. The van der Waals surface area contributed by atoms with Crippen LogP contribution in [0.2, 0.25) is 0 Å². The summed E-state index contributed by atoms with van der Waals surface area (Å²) < 4.78 is 0. The molecule has 0 N–H and O–H groups in total. The average Bonchev–Trinajstić information content (AvgIpc) is 1.82. The van der Waals surface area contributed by atoms with Crippen LogP contribution in [0.25, 0.3) is 0 Å². The standard InChI is InChI=1S/C8H17Cl/c1-4-5-8(6-9)7(2)3/h7-8H,4-6H2,1-3H3. The van der Waals surface area contributed by atoms with Crippen molar-refractivity contribution in [2.75, 3.05) is 5.88 Å². The van der Waals surface area contributed by atoms with Gasteiger partial charge in [0.25, 0.3) is 0 Å². The molecule has 0 spiro atoms. The maximum absolute atomic E-state index is 5.74. The van der Waals surface area contributed by atoms with Crippen LogP contribution in [0.3, 0.4) is 0 Å². The molecule has 0 aliphatic rings. The molecule has 0 rings (SSSR count). The van der Waals surface area contributed by atoms with Gasteiger partial charge in [0.05, 0.1) is 0 Å². The van der Waals surface area contributed by atoms with E-state index in [1.165, 1.54) is 12.8 Å². The number of alkyl halides is 1. The molecule has 0 saturated heterocycles. The molecule has 0 saturated carbocycles. The van der Waals surface area contributed by atoms with Gasteiger partial charge in [-0.25, -0.2) is 0 Å². The molecule has 0 aromatic rings. The van der Waals surface area contributed by atoms with Crippen LogP contribution in [0.5, 0.6) is 0 Å². The van der Waals surface area contributed by atoms with E-state index in [0.717, 1.165) is 17.7 Å². The van der Waals surface area contributed by atoms with Gasteiger partial charge < -0.3 is 0 Å². The molecule has 0 aromatic heterocycles. The third-order valence-electron chi connectivity index (χ3n) is 1.80. The highest BCUT2D eigenvalue weighted by Gasteiger charge is 2.09. The minimum Gasteiger partial charge on any atom is -0.126 e. The third-order valence-corrected chi connectivity index (χ3v) is 2.20. The molecule has 0 aliphatic carbocycles. The molecule has 0 fully saturated rings. The van der Waals surface area contributed by atoms with Gasteiger partial charge in [-0.05, 0) is 18.3 Å². The Morgan fingerprint density at radius 2 is 1.89 bits per heavy atom. The number of rotatable bonds is 4. The van der Waals surface area contributed by atoms with Crippen molar-refractivity contribution in [2.45, 2.75) is 33.6 Å². The highest BCUT2D eigenvalue weighted by Crippen LogP contribution is 2.17. The van der Waals surface area contributed by atoms with Crippen molar-refractivity contribution in [3.05, 3.63) is 0 Å². The smallest absolute Gasteiger partial charge is 0.0254 e. The van der Waals surface area contributed by atoms with Crippen molar-refractivity contribution in [3.63, 3.8) is 0 Å².